The third-order valence-electron chi connectivity index (χ3n) is 5.00. The number of rotatable bonds is 5. The van der Waals surface area contributed by atoms with E-state index >= 15 is 0 Å². The summed E-state index contributed by atoms with van der Waals surface area (Å²) in [5, 5.41) is 3.57. The predicted octanol–water partition coefficient (Wildman–Crippen LogP) is 4.08. The molecular formula is C23H22ClN3O2. The van der Waals surface area contributed by atoms with Crippen LogP contribution in [0.2, 0.25) is 5.02 Å². The highest BCUT2D eigenvalue weighted by atomic mass is 35.5. The number of fused-ring (bicyclic) bond motifs is 1. The van der Waals surface area contributed by atoms with Crippen LogP contribution in [0.5, 0.6) is 5.75 Å². The molecule has 0 bridgehead atoms. The Morgan fingerprint density at radius 3 is 2.86 bits per heavy atom. The number of ether oxygens (including phenoxy) is 1. The number of halogens is 1. The van der Waals surface area contributed by atoms with Crippen molar-refractivity contribution in [2.45, 2.75) is 32.8 Å². The summed E-state index contributed by atoms with van der Waals surface area (Å²) >= 11 is 6.14. The quantitative estimate of drug-likeness (QED) is 0.692. The maximum absolute atomic E-state index is 12.3. The van der Waals surface area contributed by atoms with Crippen LogP contribution in [-0.4, -0.2) is 28.5 Å². The van der Waals surface area contributed by atoms with Crippen molar-refractivity contribution >= 4 is 17.5 Å². The average Bonchev–Trinajstić information content (AvgIpc) is 3.13. The molecule has 3 aromatic rings. The van der Waals surface area contributed by atoms with Crippen molar-refractivity contribution in [3.8, 4) is 17.0 Å². The van der Waals surface area contributed by atoms with E-state index in [2.05, 4.69) is 21.4 Å². The Morgan fingerprint density at radius 1 is 1.21 bits per heavy atom. The molecule has 0 fully saturated rings. The van der Waals surface area contributed by atoms with Gasteiger partial charge in [0.1, 0.15) is 11.9 Å². The maximum atomic E-state index is 12.3. The Hall–Kier alpha value is -2.92. The van der Waals surface area contributed by atoms with Crippen LogP contribution in [0.25, 0.3) is 11.3 Å². The summed E-state index contributed by atoms with van der Waals surface area (Å²) in [5.41, 5.74) is 5.45. The first-order valence-corrected chi connectivity index (χ1v) is 9.98. The molecule has 1 atom stereocenters. The van der Waals surface area contributed by atoms with E-state index in [1.54, 1.807) is 12.3 Å². The maximum Gasteiger partial charge on any atom is 0.224 e. The summed E-state index contributed by atoms with van der Waals surface area (Å²) in [5.74, 6) is 0.763. The first-order chi connectivity index (χ1) is 14.0. The molecule has 29 heavy (non-hydrogen) atoms. The average molecular weight is 408 g/mol. The molecule has 6 heteroatoms. The molecule has 1 aliphatic heterocycles. The molecule has 5 nitrogen and oxygen atoms in total. The van der Waals surface area contributed by atoms with E-state index in [0.717, 1.165) is 45.9 Å². The molecule has 4 rings (SSSR count). The molecule has 1 aliphatic rings. The molecule has 0 unspecified atom stereocenters. The van der Waals surface area contributed by atoms with Crippen LogP contribution >= 0.6 is 11.6 Å². The highest BCUT2D eigenvalue weighted by Crippen LogP contribution is 2.38. The highest BCUT2D eigenvalue weighted by molar-refractivity contribution is 6.31. The van der Waals surface area contributed by atoms with Gasteiger partial charge in [0.15, 0.2) is 0 Å². The fraction of sp³-hybridized carbons (Fsp3) is 0.261. The highest BCUT2D eigenvalue weighted by Gasteiger charge is 2.27. The van der Waals surface area contributed by atoms with E-state index < -0.39 is 0 Å². The summed E-state index contributed by atoms with van der Waals surface area (Å²) in [6.07, 6.45) is 2.65. The van der Waals surface area contributed by atoms with E-state index in [4.69, 9.17) is 16.3 Å². The summed E-state index contributed by atoms with van der Waals surface area (Å²) in [6, 6.07) is 13.5. The zero-order valence-electron chi connectivity index (χ0n) is 16.4. The number of benzene rings is 2. The van der Waals surface area contributed by atoms with Crippen molar-refractivity contribution in [3.05, 3.63) is 76.2 Å². The number of hydrogen-bond donors (Lipinski definition) is 1. The Balaban J connectivity index is 1.44. The number of carbonyl (C=O) groups excluding carboxylic acids is 1. The van der Waals surface area contributed by atoms with E-state index in [-0.39, 0.29) is 18.4 Å². The van der Waals surface area contributed by atoms with Gasteiger partial charge >= 0.3 is 0 Å². The summed E-state index contributed by atoms with van der Waals surface area (Å²) in [6.45, 7) is 4.32. The Bertz CT molecular complexity index is 1070. The van der Waals surface area contributed by atoms with E-state index in [9.17, 15) is 4.79 Å². The topological polar surface area (TPSA) is 64.1 Å². The molecule has 1 amide bonds. The first-order valence-electron chi connectivity index (χ1n) is 9.60. The monoisotopic (exact) mass is 407 g/mol. The molecule has 1 N–H and O–H groups in total. The minimum Gasteiger partial charge on any atom is -0.487 e. The zero-order valence-corrected chi connectivity index (χ0v) is 17.2. The van der Waals surface area contributed by atoms with Crippen molar-refractivity contribution in [2.75, 3.05) is 6.54 Å². The van der Waals surface area contributed by atoms with Crippen LogP contribution in [0.4, 0.5) is 0 Å². The number of nitrogens with one attached hydrogen (secondary N) is 1. The SMILES string of the molecule is Cc1cnc(C)c(-c2cccc3c2O[C@@H](CNC(=O)Cc2ccccc2Cl)C3)n1. The van der Waals surface area contributed by atoms with Crippen molar-refractivity contribution in [1.29, 1.82) is 0 Å². The number of aromatic nitrogens is 2. The van der Waals surface area contributed by atoms with Crippen molar-refractivity contribution in [3.63, 3.8) is 0 Å². The lowest BCUT2D eigenvalue weighted by Crippen LogP contribution is -2.35. The third kappa shape index (κ3) is 4.25. The lowest BCUT2D eigenvalue weighted by Gasteiger charge is -2.14. The first kappa shape index (κ1) is 19.4. The number of aryl methyl sites for hydroxylation is 2. The molecule has 2 heterocycles. The summed E-state index contributed by atoms with van der Waals surface area (Å²) in [4.78, 5) is 21.4. The van der Waals surface area contributed by atoms with Crippen LogP contribution < -0.4 is 10.1 Å². The number of amides is 1. The lowest BCUT2D eigenvalue weighted by molar-refractivity contribution is -0.120. The Kier molecular flexibility index (Phi) is 5.49. The molecule has 148 valence electrons. The van der Waals surface area contributed by atoms with Crippen molar-refractivity contribution < 1.29 is 9.53 Å². The smallest absolute Gasteiger partial charge is 0.224 e. The second kappa shape index (κ2) is 8.21. The van der Waals surface area contributed by atoms with E-state index in [0.29, 0.717) is 11.6 Å². The van der Waals surface area contributed by atoms with E-state index in [1.807, 2.05) is 44.2 Å². The zero-order chi connectivity index (χ0) is 20.4. The van der Waals surface area contributed by atoms with Gasteiger partial charge in [-0.25, -0.2) is 4.98 Å². The number of carbonyl (C=O) groups is 1. The van der Waals surface area contributed by atoms with Crippen molar-refractivity contribution in [1.82, 2.24) is 15.3 Å². The van der Waals surface area contributed by atoms with Gasteiger partial charge in [0, 0.05) is 23.2 Å². The number of para-hydroxylation sites is 1. The number of hydrogen-bond acceptors (Lipinski definition) is 4. The largest absolute Gasteiger partial charge is 0.487 e. The van der Waals surface area contributed by atoms with Gasteiger partial charge in [-0.2, -0.15) is 0 Å². The van der Waals surface area contributed by atoms with Gasteiger partial charge < -0.3 is 10.1 Å². The van der Waals surface area contributed by atoms with Crippen molar-refractivity contribution in [2.24, 2.45) is 0 Å². The minimum absolute atomic E-state index is 0.0710. The molecule has 0 saturated heterocycles. The fourth-order valence-corrected chi connectivity index (χ4v) is 3.74. The Labute approximate surface area is 175 Å². The van der Waals surface area contributed by atoms with Gasteiger partial charge in [-0.15, -0.1) is 0 Å². The minimum atomic E-state index is -0.112. The van der Waals surface area contributed by atoms with Gasteiger partial charge in [-0.3, -0.25) is 9.78 Å². The predicted molar refractivity (Wildman–Crippen MR) is 113 cm³/mol. The molecule has 0 saturated carbocycles. The third-order valence-corrected chi connectivity index (χ3v) is 5.36. The van der Waals surface area contributed by atoms with E-state index in [1.165, 1.54) is 0 Å². The standard InChI is InChI=1S/C23H22ClN3O2/c1-14-12-25-15(2)22(27-14)19-8-5-7-17-10-18(29-23(17)19)13-26-21(28)11-16-6-3-4-9-20(16)24/h3-9,12,18H,10-11,13H2,1-2H3,(H,26,28)/t18-/m1/s1. The number of nitrogens with zero attached hydrogens (tertiary/aromatic N) is 2. The normalized spacial score (nSPS) is 14.9. The van der Waals surface area contributed by atoms with Gasteiger partial charge in [-0.05, 0) is 37.1 Å². The van der Waals surface area contributed by atoms with Crippen LogP contribution in [-0.2, 0) is 17.6 Å². The Morgan fingerprint density at radius 2 is 2.03 bits per heavy atom. The molecule has 0 radical (unpaired) electrons. The fourth-order valence-electron chi connectivity index (χ4n) is 3.54. The van der Waals surface area contributed by atoms with Crippen LogP contribution in [0.15, 0.2) is 48.7 Å². The summed E-state index contributed by atoms with van der Waals surface area (Å²) in [7, 11) is 0. The summed E-state index contributed by atoms with van der Waals surface area (Å²) < 4.78 is 6.20. The lowest BCUT2D eigenvalue weighted by atomic mass is 10.0. The van der Waals surface area contributed by atoms with Gasteiger partial charge in [-0.1, -0.05) is 41.9 Å². The molecule has 0 aliphatic carbocycles. The van der Waals surface area contributed by atoms with Crippen LogP contribution in [0.1, 0.15) is 22.5 Å². The molecule has 2 aromatic carbocycles. The molecular weight excluding hydrogens is 386 g/mol. The second-order valence-corrected chi connectivity index (χ2v) is 7.66. The van der Waals surface area contributed by atoms with Gasteiger partial charge in [0.2, 0.25) is 5.91 Å². The van der Waals surface area contributed by atoms with Gasteiger partial charge in [0.05, 0.1) is 30.0 Å². The molecule has 0 spiro atoms. The molecule has 1 aromatic heterocycles. The second-order valence-electron chi connectivity index (χ2n) is 7.26. The van der Waals surface area contributed by atoms with Crippen LogP contribution in [0, 0.1) is 13.8 Å². The van der Waals surface area contributed by atoms with Crippen LogP contribution in [0.3, 0.4) is 0 Å². The van der Waals surface area contributed by atoms with Gasteiger partial charge in [0.25, 0.3) is 0 Å².